The number of pyridine rings is 1. The van der Waals surface area contributed by atoms with E-state index < -0.39 is 0 Å². The van der Waals surface area contributed by atoms with Gasteiger partial charge in [0.15, 0.2) is 11.0 Å². The molecule has 4 aromatic rings. The Labute approximate surface area is 186 Å². The van der Waals surface area contributed by atoms with Crippen molar-refractivity contribution in [2.45, 2.75) is 37.8 Å². The average molecular weight is 432 g/mol. The molecule has 0 saturated carbocycles. The first-order valence-electron chi connectivity index (χ1n) is 10.3. The molecule has 0 aliphatic rings. The Balaban J connectivity index is 1.49. The predicted molar refractivity (Wildman–Crippen MR) is 124 cm³/mol. The van der Waals surface area contributed by atoms with Crippen molar-refractivity contribution in [2.24, 2.45) is 5.92 Å². The minimum atomic E-state index is -0.109. The molecule has 1 N–H and O–H groups in total. The summed E-state index contributed by atoms with van der Waals surface area (Å²) in [6.45, 7) is 5.45. The van der Waals surface area contributed by atoms with E-state index in [2.05, 4.69) is 38.9 Å². The van der Waals surface area contributed by atoms with Crippen LogP contribution in [-0.2, 0) is 18.8 Å². The van der Waals surface area contributed by atoms with Crippen molar-refractivity contribution in [2.75, 3.05) is 0 Å². The SMILES string of the molecule is CC(C)Cn1c(CNC(=O)c2cccc3ccccc23)nnc1SCc1ccncc1. The van der Waals surface area contributed by atoms with Crippen molar-refractivity contribution < 1.29 is 4.79 Å². The first-order chi connectivity index (χ1) is 15.1. The zero-order chi connectivity index (χ0) is 21.6. The maximum atomic E-state index is 12.9. The lowest BCUT2D eigenvalue weighted by Crippen LogP contribution is -2.25. The van der Waals surface area contributed by atoms with Gasteiger partial charge in [-0.05, 0) is 40.5 Å². The topological polar surface area (TPSA) is 72.7 Å². The van der Waals surface area contributed by atoms with Crippen LogP contribution in [0.4, 0.5) is 0 Å². The molecule has 0 spiro atoms. The summed E-state index contributed by atoms with van der Waals surface area (Å²) in [5.74, 6) is 1.88. The lowest BCUT2D eigenvalue weighted by Gasteiger charge is -2.13. The van der Waals surface area contributed by atoms with Crippen LogP contribution in [0.15, 0.2) is 72.1 Å². The number of fused-ring (bicyclic) bond motifs is 1. The van der Waals surface area contributed by atoms with Gasteiger partial charge in [-0.15, -0.1) is 10.2 Å². The maximum absolute atomic E-state index is 12.9. The highest BCUT2D eigenvalue weighted by atomic mass is 32.2. The number of hydrogen-bond donors (Lipinski definition) is 1. The number of nitrogens with zero attached hydrogens (tertiary/aromatic N) is 4. The fraction of sp³-hybridized carbons (Fsp3) is 0.250. The Morgan fingerprint density at radius 2 is 1.81 bits per heavy atom. The minimum Gasteiger partial charge on any atom is -0.345 e. The number of benzene rings is 2. The fourth-order valence-corrected chi connectivity index (χ4v) is 4.33. The molecule has 2 aromatic heterocycles. The lowest BCUT2D eigenvalue weighted by molar-refractivity contribution is 0.0951. The quantitative estimate of drug-likeness (QED) is 0.409. The van der Waals surface area contributed by atoms with Crippen molar-refractivity contribution in [1.82, 2.24) is 25.1 Å². The fourth-order valence-electron chi connectivity index (χ4n) is 3.41. The van der Waals surface area contributed by atoms with Crippen molar-refractivity contribution in [3.63, 3.8) is 0 Å². The van der Waals surface area contributed by atoms with Gasteiger partial charge in [-0.2, -0.15) is 0 Å². The van der Waals surface area contributed by atoms with E-state index in [9.17, 15) is 4.79 Å². The summed E-state index contributed by atoms with van der Waals surface area (Å²) in [6, 6.07) is 17.7. The molecule has 7 heteroatoms. The second-order valence-corrected chi connectivity index (χ2v) is 8.70. The molecule has 31 heavy (non-hydrogen) atoms. The molecule has 2 aromatic carbocycles. The van der Waals surface area contributed by atoms with Crippen LogP contribution < -0.4 is 5.32 Å². The number of nitrogens with one attached hydrogen (secondary N) is 1. The van der Waals surface area contributed by atoms with Gasteiger partial charge >= 0.3 is 0 Å². The van der Waals surface area contributed by atoms with E-state index in [-0.39, 0.29) is 5.91 Å². The molecule has 0 aliphatic carbocycles. The molecule has 0 atom stereocenters. The molecule has 0 bridgehead atoms. The van der Waals surface area contributed by atoms with Gasteiger partial charge in [0.05, 0.1) is 6.54 Å². The molecule has 158 valence electrons. The highest BCUT2D eigenvalue weighted by Gasteiger charge is 2.16. The van der Waals surface area contributed by atoms with Gasteiger partial charge in [-0.25, -0.2) is 0 Å². The van der Waals surface area contributed by atoms with Crippen LogP contribution in [0.5, 0.6) is 0 Å². The molecule has 0 aliphatic heterocycles. The molecule has 0 radical (unpaired) electrons. The lowest BCUT2D eigenvalue weighted by atomic mass is 10.0. The summed E-state index contributed by atoms with van der Waals surface area (Å²) in [6.07, 6.45) is 3.59. The number of aromatic nitrogens is 4. The monoisotopic (exact) mass is 431 g/mol. The van der Waals surface area contributed by atoms with Gasteiger partial charge in [-0.3, -0.25) is 9.78 Å². The summed E-state index contributed by atoms with van der Waals surface area (Å²) >= 11 is 1.64. The number of carbonyl (C=O) groups is 1. The first kappa shape index (κ1) is 21.1. The molecule has 1 amide bonds. The first-order valence-corrected chi connectivity index (χ1v) is 11.3. The van der Waals surface area contributed by atoms with Crippen molar-refractivity contribution in [1.29, 1.82) is 0 Å². The Bertz CT molecular complexity index is 1170. The van der Waals surface area contributed by atoms with E-state index in [1.165, 1.54) is 5.56 Å². The molecular weight excluding hydrogens is 406 g/mol. The number of rotatable bonds is 8. The largest absolute Gasteiger partial charge is 0.345 e. The van der Waals surface area contributed by atoms with Gasteiger partial charge < -0.3 is 9.88 Å². The number of thioether (sulfide) groups is 1. The third-order valence-electron chi connectivity index (χ3n) is 4.90. The van der Waals surface area contributed by atoms with Gasteiger partial charge in [-0.1, -0.05) is 62.0 Å². The second-order valence-electron chi connectivity index (χ2n) is 7.76. The summed E-state index contributed by atoms with van der Waals surface area (Å²) in [7, 11) is 0. The number of carbonyl (C=O) groups excluding carboxylic acids is 1. The standard InChI is InChI=1S/C24H25N5OS/c1-17(2)15-29-22(27-28-24(29)31-16-18-10-12-25-13-11-18)14-26-23(30)21-9-5-7-19-6-3-4-8-20(19)21/h3-13,17H,14-16H2,1-2H3,(H,26,30). The zero-order valence-electron chi connectivity index (χ0n) is 17.7. The maximum Gasteiger partial charge on any atom is 0.252 e. The van der Waals surface area contributed by atoms with Crippen LogP contribution in [0.2, 0.25) is 0 Å². The smallest absolute Gasteiger partial charge is 0.252 e. The van der Waals surface area contributed by atoms with Crippen LogP contribution in [0, 0.1) is 5.92 Å². The Morgan fingerprint density at radius 3 is 2.61 bits per heavy atom. The Morgan fingerprint density at radius 1 is 1.03 bits per heavy atom. The summed E-state index contributed by atoms with van der Waals surface area (Å²) in [4.78, 5) is 17.0. The number of amides is 1. The van der Waals surface area contributed by atoms with E-state index >= 15 is 0 Å². The third kappa shape index (κ3) is 5.11. The van der Waals surface area contributed by atoms with E-state index in [0.717, 1.165) is 34.1 Å². The molecule has 4 rings (SSSR count). The average Bonchev–Trinajstić information content (AvgIpc) is 3.17. The highest BCUT2D eigenvalue weighted by Crippen LogP contribution is 2.23. The normalized spacial score (nSPS) is 11.2. The molecular formula is C24H25N5OS. The van der Waals surface area contributed by atoms with Gasteiger partial charge in [0.2, 0.25) is 0 Å². The van der Waals surface area contributed by atoms with Crippen molar-refractivity contribution >= 4 is 28.4 Å². The molecule has 0 fully saturated rings. The Hall–Kier alpha value is -3.19. The van der Waals surface area contributed by atoms with Crippen molar-refractivity contribution in [3.8, 4) is 0 Å². The van der Waals surface area contributed by atoms with Crippen LogP contribution in [0.1, 0.15) is 35.6 Å². The van der Waals surface area contributed by atoms with E-state index in [4.69, 9.17) is 0 Å². The molecule has 0 unspecified atom stereocenters. The van der Waals surface area contributed by atoms with Crippen LogP contribution in [-0.4, -0.2) is 25.7 Å². The summed E-state index contributed by atoms with van der Waals surface area (Å²) in [5.41, 5.74) is 1.85. The van der Waals surface area contributed by atoms with Crippen LogP contribution >= 0.6 is 11.8 Å². The van der Waals surface area contributed by atoms with Crippen molar-refractivity contribution in [3.05, 3.63) is 83.9 Å². The summed E-state index contributed by atoms with van der Waals surface area (Å²) in [5, 5.41) is 14.7. The van der Waals surface area contributed by atoms with E-state index in [0.29, 0.717) is 18.0 Å². The highest BCUT2D eigenvalue weighted by molar-refractivity contribution is 7.98. The zero-order valence-corrected chi connectivity index (χ0v) is 18.5. The van der Waals surface area contributed by atoms with E-state index in [1.807, 2.05) is 54.6 Å². The van der Waals surface area contributed by atoms with E-state index in [1.54, 1.807) is 24.2 Å². The van der Waals surface area contributed by atoms with Crippen LogP contribution in [0.3, 0.4) is 0 Å². The second kappa shape index (κ2) is 9.75. The number of hydrogen-bond acceptors (Lipinski definition) is 5. The van der Waals surface area contributed by atoms with Crippen LogP contribution in [0.25, 0.3) is 10.8 Å². The molecule has 2 heterocycles. The molecule has 6 nitrogen and oxygen atoms in total. The van der Waals surface area contributed by atoms with Gasteiger partial charge in [0.1, 0.15) is 0 Å². The minimum absolute atomic E-state index is 0.109. The van der Waals surface area contributed by atoms with Gasteiger partial charge in [0, 0.05) is 30.3 Å². The third-order valence-corrected chi connectivity index (χ3v) is 5.94. The summed E-state index contributed by atoms with van der Waals surface area (Å²) < 4.78 is 2.11. The van der Waals surface area contributed by atoms with Gasteiger partial charge in [0.25, 0.3) is 5.91 Å². The Kier molecular flexibility index (Phi) is 6.62. The predicted octanol–water partition coefficient (Wildman–Crippen LogP) is 4.70. The molecule has 0 saturated heterocycles.